The lowest BCUT2D eigenvalue weighted by Gasteiger charge is -2.22. The summed E-state index contributed by atoms with van der Waals surface area (Å²) in [6.45, 7) is 2.76. The molecular weight excluding hydrogens is 364 g/mol. The number of benzene rings is 3. The van der Waals surface area contributed by atoms with Crippen molar-refractivity contribution in [2.75, 3.05) is 26.4 Å². The molecule has 2 fully saturated rings. The lowest BCUT2D eigenvalue weighted by Crippen LogP contribution is -2.10. The number of para-hydroxylation sites is 1. The van der Waals surface area contributed by atoms with Gasteiger partial charge in [0.15, 0.2) is 0 Å². The minimum Gasteiger partial charge on any atom is -0.491 e. The van der Waals surface area contributed by atoms with Crippen molar-refractivity contribution in [1.29, 1.82) is 0 Å². The molecule has 3 aromatic rings. The number of hydrogen-bond donors (Lipinski definition) is 0. The van der Waals surface area contributed by atoms with E-state index in [9.17, 15) is 0 Å². The molecule has 148 valence electrons. The predicted octanol–water partition coefficient (Wildman–Crippen LogP) is 4.42. The van der Waals surface area contributed by atoms with Crippen LogP contribution in [-0.4, -0.2) is 38.6 Å². The molecule has 0 bridgehead atoms. The smallest absolute Gasteiger partial charge is 0.123 e. The number of ether oxygens (including phenoxy) is 4. The van der Waals surface area contributed by atoms with Crippen LogP contribution in [0.5, 0.6) is 11.5 Å². The zero-order valence-electron chi connectivity index (χ0n) is 16.2. The van der Waals surface area contributed by atoms with E-state index in [1.165, 1.54) is 11.1 Å². The van der Waals surface area contributed by atoms with E-state index in [1.807, 2.05) is 24.3 Å². The van der Waals surface area contributed by atoms with Crippen LogP contribution in [0.25, 0.3) is 0 Å². The van der Waals surface area contributed by atoms with E-state index < -0.39 is 0 Å². The highest BCUT2D eigenvalue weighted by molar-refractivity contribution is 5.50. The average Bonchev–Trinajstić information content (AvgIpc) is 3.68. The molecule has 4 nitrogen and oxygen atoms in total. The highest BCUT2D eigenvalue weighted by Gasteiger charge is 2.26. The van der Waals surface area contributed by atoms with Gasteiger partial charge in [-0.05, 0) is 29.3 Å². The van der Waals surface area contributed by atoms with Gasteiger partial charge in [-0.2, -0.15) is 0 Å². The van der Waals surface area contributed by atoms with Crippen molar-refractivity contribution >= 4 is 0 Å². The standard InChI is InChI=1S/C25H24O4/c1-2-7-18(8-3-1)25(19-9-6-10-20(13-19)26-14-21-15-27-21)23-11-4-5-12-24(23)29-17-22-16-28-22/h1-13,21-22,25H,14-17H2. The van der Waals surface area contributed by atoms with Gasteiger partial charge in [0.2, 0.25) is 0 Å². The van der Waals surface area contributed by atoms with Gasteiger partial charge in [-0.25, -0.2) is 0 Å². The summed E-state index contributed by atoms with van der Waals surface area (Å²) in [5.74, 6) is 1.81. The van der Waals surface area contributed by atoms with Crippen molar-refractivity contribution in [2.45, 2.75) is 18.1 Å². The predicted molar refractivity (Wildman–Crippen MR) is 111 cm³/mol. The molecule has 3 atom stereocenters. The highest BCUT2D eigenvalue weighted by atomic mass is 16.6. The Morgan fingerprint density at radius 2 is 1.38 bits per heavy atom. The summed E-state index contributed by atoms with van der Waals surface area (Å²) in [6.07, 6.45) is 0.460. The van der Waals surface area contributed by atoms with Gasteiger partial charge in [0.25, 0.3) is 0 Å². The van der Waals surface area contributed by atoms with Crippen LogP contribution in [0.1, 0.15) is 22.6 Å². The maximum atomic E-state index is 6.13. The van der Waals surface area contributed by atoms with E-state index in [2.05, 4.69) is 54.6 Å². The number of epoxide rings is 2. The minimum absolute atomic E-state index is 0.0493. The largest absolute Gasteiger partial charge is 0.491 e. The van der Waals surface area contributed by atoms with Gasteiger partial charge in [-0.3, -0.25) is 0 Å². The average molecular weight is 388 g/mol. The summed E-state index contributed by atoms with van der Waals surface area (Å²) in [5.41, 5.74) is 3.53. The fraction of sp³-hybridized carbons (Fsp3) is 0.280. The Bertz CT molecular complexity index is 948. The Kier molecular flexibility index (Phi) is 5.20. The molecule has 0 spiro atoms. The Balaban J connectivity index is 1.50. The molecule has 0 N–H and O–H groups in total. The van der Waals surface area contributed by atoms with E-state index in [0.29, 0.717) is 13.2 Å². The van der Waals surface area contributed by atoms with Crippen molar-refractivity contribution in [3.8, 4) is 11.5 Å². The van der Waals surface area contributed by atoms with Crippen LogP contribution >= 0.6 is 0 Å². The summed E-state index contributed by atoms with van der Waals surface area (Å²) < 4.78 is 22.6. The second-order valence-corrected chi connectivity index (χ2v) is 7.49. The van der Waals surface area contributed by atoms with Gasteiger partial charge < -0.3 is 18.9 Å². The van der Waals surface area contributed by atoms with Gasteiger partial charge in [0.05, 0.1) is 13.2 Å². The molecule has 2 heterocycles. The molecule has 29 heavy (non-hydrogen) atoms. The van der Waals surface area contributed by atoms with Crippen LogP contribution < -0.4 is 9.47 Å². The van der Waals surface area contributed by atoms with E-state index in [4.69, 9.17) is 18.9 Å². The molecule has 0 amide bonds. The highest BCUT2D eigenvalue weighted by Crippen LogP contribution is 2.38. The number of hydrogen-bond acceptors (Lipinski definition) is 4. The third kappa shape index (κ3) is 4.61. The van der Waals surface area contributed by atoms with Crippen molar-refractivity contribution in [1.82, 2.24) is 0 Å². The first-order valence-electron chi connectivity index (χ1n) is 10.1. The molecular formula is C25H24O4. The lowest BCUT2D eigenvalue weighted by molar-refractivity contribution is 0.260. The van der Waals surface area contributed by atoms with Crippen molar-refractivity contribution in [3.05, 3.63) is 95.6 Å². The molecule has 4 heteroatoms. The van der Waals surface area contributed by atoms with Crippen LogP contribution in [0.4, 0.5) is 0 Å². The van der Waals surface area contributed by atoms with Gasteiger partial charge in [-0.15, -0.1) is 0 Å². The topological polar surface area (TPSA) is 43.5 Å². The lowest BCUT2D eigenvalue weighted by atomic mass is 9.84. The van der Waals surface area contributed by atoms with Gasteiger partial charge in [0.1, 0.15) is 36.9 Å². The monoisotopic (exact) mass is 388 g/mol. The molecule has 0 saturated carbocycles. The summed E-state index contributed by atoms with van der Waals surface area (Å²) in [7, 11) is 0. The second kappa shape index (κ2) is 8.27. The van der Waals surface area contributed by atoms with E-state index in [-0.39, 0.29) is 18.1 Å². The van der Waals surface area contributed by atoms with Crippen molar-refractivity contribution in [2.24, 2.45) is 0 Å². The van der Waals surface area contributed by atoms with Crippen LogP contribution in [0.3, 0.4) is 0 Å². The van der Waals surface area contributed by atoms with Crippen LogP contribution in [0.15, 0.2) is 78.9 Å². The van der Waals surface area contributed by atoms with Crippen LogP contribution in [0, 0.1) is 0 Å². The summed E-state index contributed by atoms with van der Waals surface area (Å²) in [5, 5.41) is 0. The normalized spacial score (nSPS) is 20.7. The molecule has 3 aromatic carbocycles. The molecule has 2 saturated heterocycles. The van der Waals surface area contributed by atoms with E-state index in [0.717, 1.165) is 30.3 Å². The first kappa shape index (κ1) is 18.2. The third-order valence-corrected chi connectivity index (χ3v) is 5.22. The Hall–Kier alpha value is -2.82. The first-order chi connectivity index (χ1) is 14.4. The summed E-state index contributed by atoms with van der Waals surface area (Å²) in [6, 6.07) is 27.1. The summed E-state index contributed by atoms with van der Waals surface area (Å²) in [4.78, 5) is 0. The third-order valence-electron chi connectivity index (χ3n) is 5.22. The SMILES string of the molecule is c1ccc(C(c2cccc(OCC3CO3)c2)c2ccccc2OCC2CO2)cc1. The zero-order valence-corrected chi connectivity index (χ0v) is 16.2. The van der Waals surface area contributed by atoms with Crippen LogP contribution in [0.2, 0.25) is 0 Å². The van der Waals surface area contributed by atoms with Gasteiger partial charge in [-0.1, -0.05) is 60.7 Å². The van der Waals surface area contributed by atoms with Crippen molar-refractivity contribution < 1.29 is 18.9 Å². The van der Waals surface area contributed by atoms with Gasteiger partial charge in [0, 0.05) is 11.5 Å². The minimum atomic E-state index is 0.0493. The quantitative estimate of drug-likeness (QED) is 0.402. The van der Waals surface area contributed by atoms with Gasteiger partial charge >= 0.3 is 0 Å². The maximum absolute atomic E-state index is 6.13. The number of rotatable bonds is 9. The molecule has 2 aliphatic heterocycles. The molecule has 3 unspecified atom stereocenters. The molecule has 0 aromatic heterocycles. The van der Waals surface area contributed by atoms with E-state index >= 15 is 0 Å². The molecule has 2 aliphatic rings. The first-order valence-corrected chi connectivity index (χ1v) is 10.1. The summed E-state index contributed by atoms with van der Waals surface area (Å²) >= 11 is 0. The fourth-order valence-electron chi connectivity index (χ4n) is 3.53. The molecule has 0 aliphatic carbocycles. The second-order valence-electron chi connectivity index (χ2n) is 7.49. The Morgan fingerprint density at radius 3 is 2.14 bits per heavy atom. The fourth-order valence-corrected chi connectivity index (χ4v) is 3.53. The van der Waals surface area contributed by atoms with Crippen LogP contribution in [-0.2, 0) is 9.47 Å². The maximum Gasteiger partial charge on any atom is 0.123 e. The van der Waals surface area contributed by atoms with E-state index in [1.54, 1.807) is 0 Å². The molecule has 5 rings (SSSR count). The molecule has 0 radical (unpaired) electrons. The zero-order chi connectivity index (χ0) is 19.5. The van der Waals surface area contributed by atoms with Crippen molar-refractivity contribution in [3.63, 3.8) is 0 Å². The Labute approximate surface area is 171 Å². The Morgan fingerprint density at radius 1 is 0.724 bits per heavy atom.